The van der Waals surface area contributed by atoms with E-state index in [-0.39, 0.29) is 21.6 Å². The molecule has 104 valence electrons. The van der Waals surface area contributed by atoms with E-state index in [0.29, 0.717) is 5.75 Å². The van der Waals surface area contributed by atoms with Gasteiger partial charge in [0.15, 0.2) is 0 Å². The molecule has 0 spiro atoms. The maximum absolute atomic E-state index is 13.1. The summed E-state index contributed by atoms with van der Waals surface area (Å²) in [6.07, 6.45) is 1.37. The molecule has 0 fully saturated rings. The number of hydrogen-bond acceptors (Lipinski definition) is 5. The van der Waals surface area contributed by atoms with Crippen LogP contribution >= 0.6 is 15.9 Å². The molecular formula is C13H10BrFN2O3. The quantitative estimate of drug-likeness (QED) is 0.868. The number of carbonyl (C=O) groups excluding carboxylic acids is 1. The summed E-state index contributed by atoms with van der Waals surface area (Å²) in [5.41, 5.74) is 6.01. The topological polar surface area (TPSA) is 74.4 Å². The Morgan fingerprint density at radius 3 is 2.80 bits per heavy atom. The number of aromatic nitrogens is 1. The molecule has 7 heteroatoms. The minimum Gasteiger partial charge on any atom is -0.465 e. The van der Waals surface area contributed by atoms with Gasteiger partial charge in [0.2, 0.25) is 5.88 Å². The van der Waals surface area contributed by atoms with Crippen molar-refractivity contribution in [3.05, 3.63) is 46.3 Å². The lowest BCUT2D eigenvalue weighted by molar-refractivity contribution is 0.0601. The third-order valence-electron chi connectivity index (χ3n) is 2.46. The van der Waals surface area contributed by atoms with E-state index in [2.05, 4.69) is 25.7 Å². The minimum atomic E-state index is -0.588. The number of hydrogen-bond donors (Lipinski definition) is 1. The van der Waals surface area contributed by atoms with Gasteiger partial charge in [0.25, 0.3) is 0 Å². The summed E-state index contributed by atoms with van der Waals surface area (Å²) in [5, 5.41) is 0. The van der Waals surface area contributed by atoms with Crippen molar-refractivity contribution in [2.45, 2.75) is 0 Å². The molecule has 0 aliphatic rings. The second kappa shape index (κ2) is 5.87. The van der Waals surface area contributed by atoms with E-state index in [4.69, 9.17) is 10.5 Å². The molecule has 2 aromatic rings. The molecule has 0 radical (unpaired) electrons. The molecule has 1 aromatic carbocycles. The van der Waals surface area contributed by atoms with Crippen LogP contribution in [0.5, 0.6) is 11.6 Å². The Labute approximate surface area is 122 Å². The third-order valence-corrected chi connectivity index (χ3v) is 3.07. The van der Waals surface area contributed by atoms with Gasteiger partial charge in [0.1, 0.15) is 17.3 Å². The second-order valence-electron chi connectivity index (χ2n) is 3.75. The number of pyridine rings is 1. The highest BCUT2D eigenvalue weighted by molar-refractivity contribution is 9.10. The Bertz CT molecular complexity index is 664. The second-order valence-corrected chi connectivity index (χ2v) is 4.60. The fourth-order valence-electron chi connectivity index (χ4n) is 1.48. The van der Waals surface area contributed by atoms with Gasteiger partial charge in [-0.05, 0) is 40.2 Å². The first-order chi connectivity index (χ1) is 9.52. The van der Waals surface area contributed by atoms with E-state index in [9.17, 15) is 9.18 Å². The molecule has 0 amide bonds. The average Bonchev–Trinajstić information content (AvgIpc) is 2.44. The first-order valence-electron chi connectivity index (χ1n) is 5.48. The molecule has 1 heterocycles. The van der Waals surface area contributed by atoms with E-state index in [0.717, 1.165) is 0 Å². The highest BCUT2D eigenvalue weighted by atomic mass is 79.9. The highest BCUT2D eigenvalue weighted by Crippen LogP contribution is 2.30. The summed E-state index contributed by atoms with van der Waals surface area (Å²) in [4.78, 5) is 15.4. The smallest absolute Gasteiger partial charge is 0.340 e. The molecule has 0 bridgehead atoms. The number of benzene rings is 1. The number of nitrogens with zero attached hydrogens (tertiary/aromatic N) is 1. The first kappa shape index (κ1) is 14.3. The van der Waals surface area contributed by atoms with Crippen LogP contribution in [-0.4, -0.2) is 18.1 Å². The van der Waals surface area contributed by atoms with Crippen molar-refractivity contribution in [2.24, 2.45) is 0 Å². The van der Waals surface area contributed by atoms with E-state index < -0.39 is 11.8 Å². The van der Waals surface area contributed by atoms with Crippen LogP contribution in [0.25, 0.3) is 0 Å². The number of ether oxygens (including phenoxy) is 2. The van der Waals surface area contributed by atoms with Gasteiger partial charge in [-0.2, -0.15) is 0 Å². The number of nitrogens with two attached hydrogens (primary N) is 1. The van der Waals surface area contributed by atoms with Crippen molar-refractivity contribution in [1.29, 1.82) is 0 Å². The zero-order valence-electron chi connectivity index (χ0n) is 10.4. The molecule has 0 saturated heterocycles. The summed E-state index contributed by atoms with van der Waals surface area (Å²) in [6.45, 7) is 0. The number of rotatable bonds is 3. The number of carbonyl (C=O) groups is 1. The molecule has 20 heavy (non-hydrogen) atoms. The number of halogens is 2. The van der Waals surface area contributed by atoms with E-state index >= 15 is 0 Å². The van der Waals surface area contributed by atoms with Crippen LogP contribution in [0.2, 0.25) is 0 Å². The maximum atomic E-state index is 13.1. The van der Waals surface area contributed by atoms with Crippen molar-refractivity contribution in [3.63, 3.8) is 0 Å². The first-order valence-corrected chi connectivity index (χ1v) is 6.28. The predicted octanol–water partition coefficient (Wildman–Crippen LogP) is 3.14. The van der Waals surface area contributed by atoms with Crippen LogP contribution in [0.1, 0.15) is 10.4 Å². The van der Waals surface area contributed by atoms with Gasteiger partial charge in [-0.25, -0.2) is 14.2 Å². The van der Waals surface area contributed by atoms with Gasteiger partial charge >= 0.3 is 5.97 Å². The fourth-order valence-corrected chi connectivity index (χ4v) is 1.83. The van der Waals surface area contributed by atoms with Crippen LogP contribution in [0.15, 0.2) is 34.9 Å². The maximum Gasteiger partial charge on any atom is 0.340 e. The van der Waals surface area contributed by atoms with Crippen molar-refractivity contribution in [2.75, 3.05) is 12.8 Å². The number of nitrogen functional groups attached to an aromatic ring is 1. The SMILES string of the molecule is COC(=O)c1ccnc(Oc2ccc(F)c(Br)c2)c1N. The van der Waals surface area contributed by atoms with Crippen molar-refractivity contribution in [1.82, 2.24) is 4.98 Å². The molecule has 5 nitrogen and oxygen atoms in total. The fraction of sp³-hybridized carbons (Fsp3) is 0.0769. The number of esters is 1. The lowest BCUT2D eigenvalue weighted by Crippen LogP contribution is -2.07. The summed E-state index contributed by atoms with van der Waals surface area (Å²) < 4.78 is 23.4. The Morgan fingerprint density at radius 1 is 1.40 bits per heavy atom. The Morgan fingerprint density at radius 2 is 2.15 bits per heavy atom. The van der Waals surface area contributed by atoms with Gasteiger partial charge in [0.05, 0.1) is 17.1 Å². The van der Waals surface area contributed by atoms with Crippen molar-refractivity contribution >= 4 is 27.6 Å². The molecule has 2 N–H and O–H groups in total. The molecule has 0 aliphatic carbocycles. The largest absolute Gasteiger partial charge is 0.465 e. The van der Waals surface area contributed by atoms with Gasteiger partial charge in [-0.3, -0.25) is 0 Å². The normalized spacial score (nSPS) is 10.2. The van der Waals surface area contributed by atoms with Crippen molar-refractivity contribution in [3.8, 4) is 11.6 Å². The monoisotopic (exact) mass is 340 g/mol. The standard InChI is InChI=1S/C13H10BrFN2O3/c1-19-13(18)8-4-5-17-12(11(8)16)20-7-2-3-10(15)9(14)6-7/h2-6H,16H2,1H3. The van der Waals surface area contributed by atoms with Gasteiger partial charge in [-0.1, -0.05) is 0 Å². The minimum absolute atomic E-state index is 0.0476. The van der Waals surface area contributed by atoms with Crippen LogP contribution in [0.4, 0.5) is 10.1 Å². The van der Waals surface area contributed by atoms with E-state index in [1.807, 2.05) is 0 Å². The molecule has 1 aromatic heterocycles. The number of anilines is 1. The average molecular weight is 341 g/mol. The van der Waals surface area contributed by atoms with Crippen LogP contribution < -0.4 is 10.5 Å². The van der Waals surface area contributed by atoms with Crippen LogP contribution in [0, 0.1) is 5.82 Å². The van der Waals surface area contributed by atoms with Crippen LogP contribution in [0.3, 0.4) is 0 Å². The lowest BCUT2D eigenvalue weighted by atomic mass is 10.2. The van der Waals surface area contributed by atoms with Gasteiger partial charge in [0, 0.05) is 6.20 Å². The predicted molar refractivity (Wildman–Crippen MR) is 74.2 cm³/mol. The zero-order chi connectivity index (χ0) is 14.7. The third kappa shape index (κ3) is 2.88. The van der Waals surface area contributed by atoms with Gasteiger partial charge < -0.3 is 15.2 Å². The summed E-state index contributed by atoms with van der Waals surface area (Å²) in [7, 11) is 1.25. The molecule has 0 aliphatic heterocycles. The molecule has 0 unspecified atom stereocenters. The molecule has 2 rings (SSSR count). The van der Waals surface area contributed by atoms with E-state index in [1.54, 1.807) is 0 Å². The summed E-state index contributed by atoms with van der Waals surface area (Å²) in [6, 6.07) is 5.52. The summed E-state index contributed by atoms with van der Waals surface area (Å²) in [5.74, 6) is -0.623. The van der Waals surface area contributed by atoms with Crippen LogP contribution in [-0.2, 0) is 4.74 Å². The molecule has 0 saturated carbocycles. The Kier molecular flexibility index (Phi) is 4.19. The van der Waals surface area contributed by atoms with Crippen molar-refractivity contribution < 1.29 is 18.7 Å². The summed E-state index contributed by atoms with van der Waals surface area (Å²) >= 11 is 3.05. The zero-order valence-corrected chi connectivity index (χ0v) is 12.0. The van der Waals surface area contributed by atoms with E-state index in [1.165, 1.54) is 37.6 Å². The Balaban J connectivity index is 2.34. The highest BCUT2D eigenvalue weighted by Gasteiger charge is 2.15. The molecular weight excluding hydrogens is 331 g/mol. The van der Waals surface area contributed by atoms with Gasteiger partial charge in [-0.15, -0.1) is 0 Å². The molecule has 0 atom stereocenters. The number of methoxy groups -OCH3 is 1. The Hall–Kier alpha value is -2.15. The lowest BCUT2D eigenvalue weighted by Gasteiger charge is -2.10.